The summed E-state index contributed by atoms with van der Waals surface area (Å²) in [6.45, 7) is 5.46. The Morgan fingerprint density at radius 2 is 1.92 bits per heavy atom. The van der Waals surface area contributed by atoms with E-state index < -0.39 is 5.97 Å². The largest absolute Gasteiger partial charge is 0.479 e. The van der Waals surface area contributed by atoms with Gasteiger partial charge in [-0.1, -0.05) is 18.2 Å². The van der Waals surface area contributed by atoms with Crippen LogP contribution in [-0.4, -0.2) is 30.0 Å². The number of hydrogen-bond donors (Lipinski definition) is 1. The highest BCUT2D eigenvalue weighted by molar-refractivity contribution is 6.10. The summed E-state index contributed by atoms with van der Waals surface area (Å²) in [4.78, 5) is 27.4. The van der Waals surface area contributed by atoms with Gasteiger partial charge in [0, 0.05) is 11.3 Å². The second kappa shape index (κ2) is 8.67. The quantitative estimate of drug-likeness (QED) is 0.467. The zero-order valence-corrected chi connectivity index (χ0v) is 15.0. The van der Waals surface area contributed by atoms with Gasteiger partial charge in [0.15, 0.2) is 12.4 Å². The Balaban J connectivity index is 2.16. The predicted molar refractivity (Wildman–Crippen MR) is 97.1 cm³/mol. The third kappa shape index (κ3) is 4.39. The van der Waals surface area contributed by atoms with Crippen LogP contribution in [-0.2, 0) is 4.74 Å². The van der Waals surface area contributed by atoms with Crippen molar-refractivity contribution in [2.24, 2.45) is 0 Å². The monoisotopic (exact) mass is 352 g/mol. The molecule has 0 radical (unpaired) electrons. The lowest BCUT2D eigenvalue weighted by Crippen LogP contribution is -2.07. The van der Waals surface area contributed by atoms with Gasteiger partial charge in [-0.05, 0) is 50.1 Å². The smallest absolute Gasteiger partial charge is 0.355 e. The number of nitrogens with one attached hydrogen (secondary N) is 1. The summed E-state index contributed by atoms with van der Waals surface area (Å²) in [5.41, 5.74) is 2.80. The van der Waals surface area contributed by atoms with Gasteiger partial charge in [0.25, 0.3) is 0 Å². The summed E-state index contributed by atoms with van der Waals surface area (Å²) >= 11 is 0. The van der Waals surface area contributed by atoms with E-state index in [2.05, 4.69) is 4.98 Å². The molecule has 1 heterocycles. The van der Waals surface area contributed by atoms with Crippen molar-refractivity contribution in [2.75, 3.05) is 13.2 Å². The number of nitriles is 1. The third-order valence-electron chi connectivity index (χ3n) is 3.77. The first-order chi connectivity index (χ1) is 12.5. The number of carbonyl (C=O) groups is 2. The standard InChI is InChI=1S/C20H20N2O4/c1-4-25-20(24)19-13(2)18(14(3)22-19)17(23)10-7-15-5-8-16(9-6-15)26-12-11-21/h5-10,22H,4,12H2,1-3H3/b10-7+. The highest BCUT2D eigenvalue weighted by Crippen LogP contribution is 2.20. The minimum Gasteiger partial charge on any atom is -0.479 e. The molecule has 1 aromatic carbocycles. The average molecular weight is 352 g/mol. The number of nitrogens with zero attached hydrogens (tertiary/aromatic N) is 1. The lowest BCUT2D eigenvalue weighted by molar-refractivity contribution is 0.0519. The summed E-state index contributed by atoms with van der Waals surface area (Å²) in [6.07, 6.45) is 3.15. The van der Waals surface area contributed by atoms with Gasteiger partial charge in [-0.2, -0.15) is 5.26 Å². The Hall–Kier alpha value is -3.33. The van der Waals surface area contributed by atoms with Crippen LogP contribution in [0.15, 0.2) is 30.3 Å². The fourth-order valence-electron chi connectivity index (χ4n) is 2.57. The number of H-pyrrole nitrogens is 1. The van der Waals surface area contributed by atoms with Crippen LogP contribution in [0.5, 0.6) is 5.75 Å². The Morgan fingerprint density at radius 3 is 2.54 bits per heavy atom. The second-order valence-corrected chi connectivity index (χ2v) is 5.56. The Bertz CT molecular complexity index is 870. The van der Waals surface area contributed by atoms with Gasteiger partial charge in [-0.15, -0.1) is 0 Å². The Labute approximate surface area is 152 Å². The zero-order chi connectivity index (χ0) is 19.1. The van der Waals surface area contributed by atoms with Gasteiger partial charge in [-0.25, -0.2) is 4.79 Å². The summed E-state index contributed by atoms with van der Waals surface area (Å²) < 4.78 is 10.2. The first kappa shape index (κ1) is 19.0. The van der Waals surface area contributed by atoms with Crippen LogP contribution in [0.2, 0.25) is 0 Å². The van der Waals surface area contributed by atoms with Crippen LogP contribution in [0.25, 0.3) is 6.08 Å². The maximum absolute atomic E-state index is 12.5. The first-order valence-electron chi connectivity index (χ1n) is 8.16. The number of rotatable bonds is 7. The summed E-state index contributed by atoms with van der Waals surface area (Å²) in [7, 11) is 0. The van der Waals surface area contributed by atoms with Gasteiger partial charge in [0.1, 0.15) is 17.5 Å². The van der Waals surface area contributed by atoms with Crippen LogP contribution >= 0.6 is 0 Å². The highest BCUT2D eigenvalue weighted by Gasteiger charge is 2.21. The number of esters is 1. The molecule has 0 bridgehead atoms. The molecule has 0 aliphatic carbocycles. The molecule has 26 heavy (non-hydrogen) atoms. The lowest BCUT2D eigenvalue weighted by Gasteiger charge is -2.02. The fourth-order valence-corrected chi connectivity index (χ4v) is 2.57. The van der Waals surface area contributed by atoms with E-state index in [1.54, 1.807) is 51.1 Å². The molecule has 0 aliphatic heterocycles. The number of ketones is 1. The van der Waals surface area contributed by atoms with Crippen molar-refractivity contribution in [3.8, 4) is 11.8 Å². The molecule has 134 valence electrons. The van der Waals surface area contributed by atoms with Gasteiger partial charge in [0.05, 0.1) is 6.61 Å². The van der Waals surface area contributed by atoms with Gasteiger partial charge < -0.3 is 14.5 Å². The maximum Gasteiger partial charge on any atom is 0.355 e. The molecule has 0 saturated carbocycles. The predicted octanol–water partition coefficient (Wildman–Crippen LogP) is 3.61. The maximum atomic E-state index is 12.5. The first-order valence-corrected chi connectivity index (χ1v) is 8.16. The number of aromatic amines is 1. The SMILES string of the molecule is CCOC(=O)c1[nH]c(C)c(C(=O)/C=C/c2ccc(OCC#N)cc2)c1C. The molecule has 0 saturated heterocycles. The number of hydrogen-bond acceptors (Lipinski definition) is 5. The molecule has 0 atom stereocenters. The van der Waals surface area contributed by atoms with E-state index in [1.165, 1.54) is 6.08 Å². The van der Waals surface area contributed by atoms with E-state index in [1.807, 2.05) is 6.07 Å². The van der Waals surface area contributed by atoms with Gasteiger partial charge >= 0.3 is 5.97 Å². The van der Waals surface area contributed by atoms with Crippen molar-refractivity contribution in [1.82, 2.24) is 4.98 Å². The summed E-state index contributed by atoms with van der Waals surface area (Å²) in [6, 6.07) is 8.94. The van der Waals surface area contributed by atoms with E-state index in [0.717, 1.165) is 5.56 Å². The number of benzene rings is 1. The van der Waals surface area contributed by atoms with Crippen molar-refractivity contribution in [3.05, 3.63) is 58.4 Å². The second-order valence-electron chi connectivity index (χ2n) is 5.56. The molecule has 0 spiro atoms. The molecule has 2 aromatic rings. The molecule has 2 rings (SSSR count). The molecule has 0 amide bonds. The zero-order valence-electron chi connectivity index (χ0n) is 15.0. The third-order valence-corrected chi connectivity index (χ3v) is 3.77. The van der Waals surface area contributed by atoms with Crippen LogP contribution in [0.4, 0.5) is 0 Å². The van der Waals surface area contributed by atoms with Crippen LogP contribution in [0, 0.1) is 25.2 Å². The minimum absolute atomic E-state index is 0.0114. The number of aromatic nitrogens is 1. The molecule has 6 heteroatoms. The van der Waals surface area contributed by atoms with Crippen molar-refractivity contribution in [1.29, 1.82) is 5.26 Å². The highest BCUT2D eigenvalue weighted by atomic mass is 16.5. The summed E-state index contributed by atoms with van der Waals surface area (Å²) in [5, 5.41) is 8.49. The van der Waals surface area contributed by atoms with Crippen LogP contribution in [0.1, 0.15) is 44.6 Å². The average Bonchev–Trinajstić information content (AvgIpc) is 2.93. The van der Waals surface area contributed by atoms with Gasteiger partial charge in [0.2, 0.25) is 0 Å². The van der Waals surface area contributed by atoms with E-state index in [4.69, 9.17) is 14.7 Å². The number of aryl methyl sites for hydroxylation is 1. The molecule has 6 nitrogen and oxygen atoms in total. The molecular weight excluding hydrogens is 332 g/mol. The molecule has 0 fully saturated rings. The Kier molecular flexibility index (Phi) is 6.34. The number of ether oxygens (including phenoxy) is 2. The van der Waals surface area contributed by atoms with Crippen LogP contribution < -0.4 is 4.74 Å². The van der Waals surface area contributed by atoms with E-state index >= 15 is 0 Å². The van der Waals surface area contributed by atoms with E-state index in [-0.39, 0.29) is 19.0 Å². The van der Waals surface area contributed by atoms with Gasteiger partial charge in [-0.3, -0.25) is 4.79 Å². The summed E-state index contributed by atoms with van der Waals surface area (Å²) in [5.74, 6) is -0.0767. The topological polar surface area (TPSA) is 92.2 Å². The molecule has 0 aliphatic rings. The van der Waals surface area contributed by atoms with Crippen molar-refractivity contribution >= 4 is 17.8 Å². The fraction of sp³-hybridized carbons (Fsp3) is 0.250. The normalized spacial score (nSPS) is 10.5. The lowest BCUT2D eigenvalue weighted by atomic mass is 10.0. The van der Waals surface area contributed by atoms with Crippen molar-refractivity contribution in [2.45, 2.75) is 20.8 Å². The molecule has 0 unspecified atom stereocenters. The number of carbonyl (C=O) groups excluding carboxylic acids is 2. The van der Waals surface area contributed by atoms with Crippen molar-refractivity contribution < 1.29 is 19.1 Å². The Morgan fingerprint density at radius 1 is 1.23 bits per heavy atom. The number of allylic oxidation sites excluding steroid dienone is 1. The van der Waals surface area contributed by atoms with Crippen molar-refractivity contribution in [3.63, 3.8) is 0 Å². The minimum atomic E-state index is -0.468. The molecular formula is C20H20N2O4. The molecule has 1 aromatic heterocycles. The molecule has 1 N–H and O–H groups in total. The van der Waals surface area contributed by atoms with E-state index in [9.17, 15) is 9.59 Å². The van der Waals surface area contributed by atoms with Crippen LogP contribution in [0.3, 0.4) is 0 Å². The van der Waals surface area contributed by atoms with E-state index in [0.29, 0.717) is 28.3 Å².